The number of rotatable bonds is 1. The average molecular weight is 205 g/mol. The molecule has 1 aliphatic heterocycles. The van der Waals surface area contributed by atoms with Crippen molar-refractivity contribution in [1.82, 2.24) is 5.32 Å². The van der Waals surface area contributed by atoms with E-state index in [1.54, 1.807) is 0 Å². The van der Waals surface area contributed by atoms with E-state index in [0.29, 0.717) is 24.8 Å². The Bertz CT molecular complexity index is 288. The van der Waals surface area contributed by atoms with Gasteiger partial charge in [0.05, 0.1) is 5.25 Å². The molecule has 0 amide bonds. The van der Waals surface area contributed by atoms with Crippen molar-refractivity contribution in [3.8, 4) is 0 Å². The van der Waals surface area contributed by atoms with E-state index >= 15 is 0 Å². The topological polar surface area (TPSA) is 66.4 Å². The van der Waals surface area contributed by atoms with Crippen molar-refractivity contribution in [1.29, 1.82) is 0 Å². The molecule has 13 heavy (non-hydrogen) atoms. The number of hydrogen-bond acceptors (Lipinski definition) is 3. The fourth-order valence-electron chi connectivity index (χ4n) is 2.51. The highest BCUT2D eigenvalue weighted by Crippen LogP contribution is 2.33. The van der Waals surface area contributed by atoms with E-state index in [1.165, 1.54) is 0 Å². The molecular formula is C8H15NO3S. The largest absolute Gasteiger partial charge is 0.314 e. The molecule has 2 fully saturated rings. The molecule has 0 aromatic heterocycles. The highest BCUT2D eigenvalue weighted by molar-refractivity contribution is 7.86. The van der Waals surface area contributed by atoms with Gasteiger partial charge in [-0.1, -0.05) is 0 Å². The summed E-state index contributed by atoms with van der Waals surface area (Å²) < 4.78 is 30.7. The van der Waals surface area contributed by atoms with Gasteiger partial charge in [-0.05, 0) is 38.1 Å². The van der Waals surface area contributed by atoms with Gasteiger partial charge < -0.3 is 5.32 Å². The predicted octanol–water partition coefficient (Wildman–Crippen LogP) is 0.405. The Morgan fingerprint density at radius 3 is 2.69 bits per heavy atom. The van der Waals surface area contributed by atoms with Crippen molar-refractivity contribution in [3.05, 3.63) is 0 Å². The first-order valence-corrected chi connectivity index (χ1v) is 6.27. The summed E-state index contributed by atoms with van der Waals surface area (Å²) >= 11 is 0. The van der Waals surface area contributed by atoms with Crippen LogP contribution in [-0.4, -0.2) is 30.8 Å². The van der Waals surface area contributed by atoms with E-state index in [9.17, 15) is 8.42 Å². The average Bonchev–Trinajstić information content (AvgIpc) is 2.47. The van der Waals surface area contributed by atoms with Crippen LogP contribution in [0, 0.1) is 5.92 Å². The van der Waals surface area contributed by atoms with Crippen LogP contribution in [-0.2, 0) is 10.1 Å². The standard InChI is InChI=1S/C8H15NO3S/c10-13(11,12)7-2-1-6-3-4-9-8(6)5-7/h6-9H,1-5H2,(H,10,11,12)/t6-,7+,8+/m0/s1. The second-order valence-corrected chi connectivity index (χ2v) is 5.76. The maximum absolute atomic E-state index is 10.9. The molecule has 0 unspecified atom stereocenters. The molecule has 4 nitrogen and oxygen atoms in total. The van der Waals surface area contributed by atoms with Crippen LogP contribution in [0.3, 0.4) is 0 Å². The molecule has 1 saturated heterocycles. The molecule has 0 radical (unpaired) electrons. The Kier molecular flexibility index (Phi) is 2.33. The first-order chi connectivity index (χ1) is 6.07. The molecule has 2 rings (SSSR count). The van der Waals surface area contributed by atoms with Crippen molar-refractivity contribution in [3.63, 3.8) is 0 Å². The molecule has 5 heteroatoms. The van der Waals surface area contributed by atoms with Crippen LogP contribution in [0.2, 0.25) is 0 Å². The number of hydrogen-bond donors (Lipinski definition) is 2. The van der Waals surface area contributed by atoms with Gasteiger partial charge in [0.25, 0.3) is 10.1 Å². The smallest absolute Gasteiger partial charge is 0.267 e. The summed E-state index contributed by atoms with van der Waals surface area (Å²) in [7, 11) is -3.80. The van der Waals surface area contributed by atoms with Gasteiger partial charge in [-0.2, -0.15) is 8.42 Å². The molecule has 0 aromatic carbocycles. The molecule has 1 aliphatic carbocycles. The van der Waals surface area contributed by atoms with Gasteiger partial charge in [0.15, 0.2) is 0 Å². The summed E-state index contributed by atoms with van der Waals surface area (Å²) in [6, 6.07) is 0.320. The molecule has 0 bridgehead atoms. The van der Waals surface area contributed by atoms with E-state index in [1.807, 2.05) is 0 Å². The third-order valence-electron chi connectivity index (χ3n) is 3.29. The van der Waals surface area contributed by atoms with Crippen LogP contribution in [0.5, 0.6) is 0 Å². The Morgan fingerprint density at radius 1 is 1.23 bits per heavy atom. The molecule has 76 valence electrons. The van der Waals surface area contributed by atoms with E-state index in [0.717, 1.165) is 19.4 Å². The van der Waals surface area contributed by atoms with Crippen LogP contribution >= 0.6 is 0 Å². The van der Waals surface area contributed by atoms with Crippen molar-refractivity contribution in [2.75, 3.05) is 6.54 Å². The van der Waals surface area contributed by atoms with Crippen molar-refractivity contribution >= 4 is 10.1 Å². The van der Waals surface area contributed by atoms with Gasteiger partial charge >= 0.3 is 0 Å². The summed E-state index contributed by atoms with van der Waals surface area (Å²) in [5, 5.41) is 2.76. The third kappa shape index (κ3) is 1.87. The molecule has 2 aliphatic rings. The first-order valence-electron chi connectivity index (χ1n) is 4.77. The Balaban J connectivity index is 2.05. The van der Waals surface area contributed by atoms with Crippen LogP contribution in [0.25, 0.3) is 0 Å². The zero-order valence-electron chi connectivity index (χ0n) is 7.44. The van der Waals surface area contributed by atoms with E-state index < -0.39 is 15.4 Å². The second-order valence-electron chi connectivity index (χ2n) is 4.06. The Hall–Kier alpha value is -0.130. The quantitative estimate of drug-likeness (QED) is 0.608. The summed E-state index contributed by atoms with van der Waals surface area (Å²) in [4.78, 5) is 0. The second kappa shape index (κ2) is 3.22. The Morgan fingerprint density at radius 2 is 2.00 bits per heavy atom. The minimum Gasteiger partial charge on any atom is -0.314 e. The lowest BCUT2D eigenvalue weighted by molar-refractivity contribution is 0.315. The van der Waals surface area contributed by atoms with Gasteiger partial charge in [0, 0.05) is 6.04 Å². The summed E-state index contributed by atoms with van der Waals surface area (Å²) in [5.74, 6) is 0.637. The van der Waals surface area contributed by atoms with Gasteiger partial charge in [-0.3, -0.25) is 4.55 Å². The molecule has 2 N–H and O–H groups in total. The van der Waals surface area contributed by atoms with Crippen molar-refractivity contribution < 1.29 is 13.0 Å². The van der Waals surface area contributed by atoms with E-state index in [2.05, 4.69) is 5.32 Å². The van der Waals surface area contributed by atoms with Gasteiger partial charge in [-0.25, -0.2) is 0 Å². The van der Waals surface area contributed by atoms with Gasteiger partial charge in [0.2, 0.25) is 0 Å². The summed E-state index contributed by atoms with van der Waals surface area (Å²) in [6.07, 6.45) is 3.30. The monoisotopic (exact) mass is 205 g/mol. The lowest BCUT2D eigenvalue weighted by Gasteiger charge is -2.29. The third-order valence-corrected chi connectivity index (χ3v) is 4.56. The van der Waals surface area contributed by atoms with Crippen molar-refractivity contribution in [2.45, 2.75) is 37.0 Å². The van der Waals surface area contributed by atoms with Gasteiger partial charge in [0.1, 0.15) is 0 Å². The lowest BCUT2D eigenvalue weighted by atomic mass is 9.85. The fraction of sp³-hybridized carbons (Fsp3) is 1.00. The van der Waals surface area contributed by atoms with Crippen LogP contribution in [0.1, 0.15) is 25.7 Å². The van der Waals surface area contributed by atoms with Gasteiger partial charge in [-0.15, -0.1) is 0 Å². The number of nitrogens with one attached hydrogen (secondary N) is 1. The SMILES string of the molecule is O=S(=O)(O)[C@@H]1CC[C@H]2CCN[C@@H]2C1. The molecule has 1 saturated carbocycles. The highest BCUT2D eigenvalue weighted by atomic mass is 32.2. The molecular weight excluding hydrogens is 190 g/mol. The van der Waals surface area contributed by atoms with E-state index in [-0.39, 0.29) is 0 Å². The lowest BCUT2D eigenvalue weighted by Crippen LogP contribution is -2.38. The summed E-state index contributed by atoms with van der Waals surface area (Å²) in [6.45, 7) is 0.994. The zero-order chi connectivity index (χ0) is 9.47. The summed E-state index contributed by atoms with van der Waals surface area (Å²) in [5.41, 5.74) is 0. The zero-order valence-corrected chi connectivity index (χ0v) is 8.26. The van der Waals surface area contributed by atoms with E-state index in [4.69, 9.17) is 4.55 Å². The highest BCUT2D eigenvalue weighted by Gasteiger charge is 2.38. The normalized spacial score (nSPS) is 40.2. The predicted molar refractivity (Wildman–Crippen MR) is 49.1 cm³/mol. The van der Waals surface area contributed by atoms with Crippen LogP contribution < -0.4 is 5.32 Å². The fourth-order valence-corrected chi connectivity index (χ4v) is 3.40. The molecule has 1 heterocycles. The van der Waals surface area contributed by atoms with Crippen LogP contribution in [0.4, 0.5) is 0 Å². The maximum atomic E-state index is 10.9. The Labute approximate surface area is 78.5 Å². The minimum atomic E-state index is -3.80. The number of fused-ring (bicyclic) bond motifs is 1. The van der Waals surface area contributed by atoms with Crippen molar-refractivity contribution in [2.24, 2.45) is 5.92 Å². The maximum Gasteiger partial charge on any atom is 0.267 e. The molecule has 0 spiro atoms. The minimum absolute atomic E-state index is 0.320. The molecule has 3 atom stereocenters. The molecule has 0 aromatic rings. The van der Waals surface area contributed by atoms with Crippen LogP contribution in [0.15, 0.2) is 0 Å². The first kappa shape index (κ1) is 9.43.